The molecule has 0 bridgehead atoms. The maximum absolute atomic E-state index is 12.3. The second kappa shape index (κ2) is 8.45. The van der Waals surface area contributed by atoms with Crippen LogP contribution < -0.4 is 10.2 Å². The Hall–Kier alpha value is -2.92. The lowest BCUT2D eigenvalue weighted by atomic mass is 10.2. The molecule has 0 saturated heterocycles. The summed E-state index contributed by atoms with van der Waals surface area (Å²) in [5.41, 5.74) is 2.38. The van der Waals surface area contributed by atoms with Crippen molar-refractivity contribution in [2.45, 2.75) is 6.42 Å². The van der Waals surface area contributed by atoms with Crippen LogP contribution in [0.1, 0.15) is 15.9 Å². The van der Waals surface area contributed by atoms with Gasteiger partial charge in [-0.2, -0.15) is 0 Å². The van der Waals surface area contributed by atoms with Crippen molar-refractivity contribution in [1.29, 1.82) is 0 Å². The lowest BCUT2D eigenvalue weighted by Crippen LogP contribution is -2.21. The van der Waals surface area contributed by atoms with Gasteiger partial charge in [-0.25, -0.2) is 4.98 Å². The second-order valence-electron chi connectivity index (χ2n) is 5.90. The number of aromatic nitrogens is 2. The van der Waals surface area contributed by atoms with Crippen LogP contribution >= 0.6 is 11.6 Å². The summed E-state index contributed by atoms with van der Waals surface area (Å²) in [6, 6.07) is 14.7. The van der Waals surface area contributed by atoms with Crippen LogP contribution in [0.5, 0.6) is 0 Å². The van der Waals surface area contributed by atoms with Crippen molar-refractivity contribution in [2.75, 3.05) is 23.8 Å². The van der Waals surface area contributed by atoms with Gasteiger partial charge in [0.1, 0.15) is 5.82 Å². The zero-order valence-corrected chi connectivity index (χ0v) is 15.1. The van der Waals surface area contributed by atoms with Gasteiger partial charge < -0.3 is 10.2 Å². The molecule has 2 heterocycles. The van der Waals surface area contributed by atoms with Crippen molar-refractivity contribution in [3.63, 3.8) is 0 Å². The Bertz CT molecular complexity index is 868. The quantitative estimate of drug-likeness (QED) is 0.714. The SMILES string of the molecule is CN(CCc1ccncc1)c1ccc(C(=O)Nc2cccc(Cl)c2)cn1. The number of benzene rings is 1. The summed E-state index contributed by atoms with van der Waals surface area (Å²) in [5, 5.41) is 3.39. The fraction of sp³-hybridized carbons (Fsp3) is 0.150. The zero-order valence-electron chi connectivity index (χ0n) is 14.4. The summed E-state index contributed by atoms with van der Waals surface area (Å²) >= 11 is 5.93. The highest BCUT2D eigenvalue weighted by Gasteiger charge is 2.09. The third kappa shape index (κ3) is 4.80. The first-order valence-corrected chi connectivity index (χ1v) is 8.62. The van der Waals surface area contributed by atoms with Gasteiger partial charge in [-0.15, -0.1) is 0 Å². The topological polar surface area (TPSA) is 58.1 Å². The molecule has 6 heteroatoms. The molecule has 1 aromatic carbocycles. The highest BCUT2D eigenvalue weighted by Crippen LogP contribution is 2.16. The first-order chi connectivity index (χ1) is 12.6. The largest absolute Gasteiger partial charge is 0.359 e. The average Bonchev–Trinajstić information content (AvgIpc) is 2.67. The lowest BCUT2D eigenvalue weighted by molar-refractivity contribution is 0.102. The summed E-state index contributed by atoms with van der Waals surface area (Å²) in [4.78, 5) is 22.8. The van der Waals surface area contributed by atoms with Gasteiger partial charge in [0.25, 0.3) is 5.91 Å². The molecule has 2 aromatic heterocycles. The Labute approximate surface area is 157 Å². The molecule has 3 rings (SSSR count). The molecule has 0 aliphatic carbocycles. The van der Waals surface area contributed by atoms with Crippen molar-refractivity contribution in [3.8, 4) is 0 Å². The monoisotopic (exact) mass is 366 g/mol. The number of pyridine rings is 2. The summed E-state index contributed by atoms with van der Waals surface area (Å²) in [6.07, 6.45) is 6.07. The van der Waals surface area contributed by atoms with Crippen LogP contribution in [0.2, 0.25) is 5.02 Å². The standard InChI is InChI=1S/C20H19ClN4O/c1-25(12-9-15-7-10-22-11-8-15)19-6-5-16(14-23-19)20(26)24-18-4-2-3-17(21)13-18/h2-8,10-11,13-14H,9,12H2,1H3,(H,24,26). The molecule has 0 saturated carbocycles. The molecule has 0 radical (unpaired) electrons. The van der Waals surface area contributed by atoms with Gasteiger partial charge in [-0.1, -0.05) is 17.7 Å². The molecule has 0 aliphatic rings. The molecule has 0 unspecified atom stereocenters. The zero-order chi connectivity index (χ0) is 18.4. The molecular formula is C20H19ClN4O. The molecule has 132 valence electrons. The van der Waals surface area contributed by atoms with Gasteiger partial charge in [0.2, 0.25) is 0 Å². The molecule has 0 aliphatic heterocycles. The van der Waals surface area contributed by atoms with Gasteiger partial charge in [0.05, 0.1) is 5.56 Å². The summed E-state index contributed by atoms with van der Waals surface area (Å²) in [7, 11) is 1.98. The van der Waals surface area contributed by atoms with Crippen LogP contribution in [0.4, 0.5) is 11.5 Å². The van der Waals surface area contributed by atoms with E-state index < -0.39 is 0 Å². The van der Waals surface area contributed by atoms with Gasteiger partial charge in [0, 0.05) is 42.9 Å². The number of anilines is 2. The van der Waals surface area contributed by atoms with E-state index in [9.17, 15) is 4.79 Å². The van der Waals surface area contributed by atoms with Gasteiger partial charge in [-0.05, 0) is 54.4 Å². The highest BCUT2D eigenvalue weighted by atomic mass is 35.5. The molecule has 5 nitrogen and oxygen atoms in total. The lowest BCUT2D eigenvalue weighted by Gasteiger charge is -2.18. The number of halogens is 1. The third-order valence-corrected chi connectivity index (χ3v) is 4.20. The molecular weight excluding hydrogens is 348 g/mol. The number of carbonyl (C=O) groups is 1. The first-order valence-electron chi connectivity index (χ1n) is 8.25. The molecule has 0 atom stereocenters. The fourth-order valence-electron chi connectivity index (χ4n) is 2.48. The number of nitrogens with one attached hydrogen (secondary N) is 1. The fourth-order valence-corrected chi connectivity index (χ4v) is 2.67. The van der Waals surface area contributed by atoms with Crippen molar-refractivity contribution in [3.05, 3.63) is 83.3 Å². The number of hydrogen-bond donors (Lipinski definition) is 1. The van der Waals surface area contributed by atoms with Crippen LogP contribution in [-0.4, -0.2) is 29.5 Å². The Balaban J connectivity index is 1.59. The molecule has 0 fully saturated rings. The number of carbonyl (C=O) groups excluding carboxylic acids is 1. The predicted octanol–water partition coefficient (Wildman–Crippen LogP) is 4.06. The maximum atomic E-state index is 12.3. The minimum absolute atomic E-state index is 0.217. The third-order valence-electron chi connectivity index (χ3n) is 3.97. The Morgan fingerprint density at radius 3 is 2.65 bits per heavy atom. The van der Waals surface area contributed by atoms with E-state index in [2.05, 4.69) is 20.2 Å². The van der Waals surface area contributed by atoms with Gasteiger partial charge >= 0.3 is 0 Å². The molecule has 3 aromatic rings. The van der Waals surface area contributed by atoms with Crippen LogP contribution in [0.25, 0.3) is 0 Å². The predicted molar refractivity (Wildman–Crippen MR) is 105 cm³/mol. The number of nitrogens with zero attached hydrogens (tertiary/aromatic N) is 3. The van der Waals surface area contributed by atoms with Crippen LogP contribution in [0.3, 0.4) is 0 Å². The molecule has 1 amide bonds. The second-order valence-corrected chi connectivity index (χ2v) is 6.33. The highest BCUT2D eigenvalue weighted by molar-refractivity contribution is 6.30. The molecule has 0 spiro atoms. The average molecular weight is 367 g/mol. The Morgan fingerprint density at radius 2 is 1.96 bits per heavy atom. The van der Waals surface area contributed by atoms with Crippen LogP contribution in [0, 0.1) is 0 Å². The van der Waals surface area contributed by atoms with E-state index in [0.717, 1.165) is 18.8 Å². The first kappa shape index (κ1) is 17.9. The van der Waals surface area contributed by atoms with Crippen LogP contribution in [0.15, 0.2) is 67.1 Å². The summed E-state index contributed by atoms with van der Waals surface area (Å²) < 4.78 is 0. The summed E-state index contributed by atoms with van der Waals surface area (Å²) in [5.74, 6) is 0.601. The maximum Gasteiger partial charge on any atom is 0.257 e. The van der Waals surface area contributed by atoms with Crippen molar-refractivity contribution < 1.29 is 4.79 Å². The van der Waals surface area contributed by atoms with E-state index in [1.54, 1.807) is 48.9 Å². The number of hydrogen-bond acceptors (Lipinski definition) is 4. The Morgan fingerprint density at radius 1 is 1.15 bits per heavy atom. The smallest absolute Gasteiger partial charge is 0.257 e. The Kier molecular flexibility index (Phi) is 5.81. The van der Waals surface area contributed by atoms with Crippen molar-refractivity contribution >= 4 is 29.0 Å². The number of amides is 1. The molecule has 1 N–H and O–H groups in total. The minimum Gasteiger partial charge on any atom is -0.359 e. The van der Waals surface area contributed by atoms with E-state index in [1.165, 1.54) is 5.56 Å². The van der Waals surface area contributed by atoms with E-state index in [1.807, 2.05) is 25.2 Å². The van der Waals surface area contributed by atoms with Gasteiger partial charge in [0.15, 0.2) is 0 Å². The summed E-state index contributed by atoms with van der Waals surface area (Å²) in [6.45, 7) is 0.824. The number of likely N-dealkylation sites (N-methyl/N-ethyl adjacent to an activating group) is 1. The number of rotatable bonds is 6. The van der Waals surface area contributed by atoms with E-state index in [0.29, 0.717) is 16.3 Å². The molecule has 26 heavy (non-hydrogen) atoms. The van der Waals surface area contributed by atoms with Crippen molar-refractivity contribution in [2.24, 2.45) is 0 Å². The van der Waals surface area contributed by atoms with Crippen LogP contribution in [-0.2, 0) is 6.42 Å². The normalized spacial score (nSPS) is 10.4. The van der Waals surface area contributed by atoms with E-state index >= 15 is 0 Å². The van der Waals surface area contributed by atoms with Crippen molar-refractivity contribution in [1.82, 2.24) is 9.97 Å². The van der Waals surface area contributed by atoms with E-state index in [-0.39, 0.29) is 5.91 Å². The van der Waals surface area contributed by atoms with Gasteiger partial charge in [-0.3, -0.25) is 9.78 Å². The van der Waals surface area contributed by atoms with E-state index in [4.69, 9.17) is 11.6 Å². The minimum atomic E-state index is -0.217.